The van der Waals surface area contributed by atoms with Crippen molar-refractivity contribution in [2.45, 2.75) is 46.0 Å². The topological polar surface area (TPSA) is 46.5 Å². The minimum Gasteiger partial charge on any atom is -0.508 e. The fraction of sp³-hybridized carbons (Fsp3) is 0.500. The average Bonchev–Trinajstić information content (AvgIpc) is 2.31. The predicted molar refractivity (Wildman–Crippen MR) is 67.4 cm³/mol. The second-order valence-corrected chi connectivity index (χ2v) is 4.25. The molecule has 94 valence electrons. The molecule has 1 unspecified atom stereocenters. The molecule has 0 fully saturated rings. The Kier molecular flexibility index (Phi) is 5.01. The average molecular weight is 236 g/mol. The summed E-state index contributed by atoms with van der Waals surface area (Å²) in [6, 6.07) is 4.95. The molecule has 0 bridgehead atoms. The van der Waals surface area contributed by atoms with Gasteiger partial charge in [-0.2, -0.15) is 0 Å². The van der Waals surface area contributed by atoms with Crippen molar-refractivity contribution < 1.29 is 14.6 Å². The van der Waals surface area contributed by atoms with Gasteiger partial charge in [0.15, 0.2) is 0 Å². The van der Waals surface area contributed by atoms with Gasteiger partial charge in [-0.05, 0) is 37.0 Å². The fourth-order valence-corrected chi connectivity index (χ4v) is 1.60. The number of phenols is 1. The van der Waals surface area contributed by atoms with Crippen LogP contribution in [0.15, 0.2) is 18.2 Å². The first-order valence-electron chi connectivity index (χ1n) is 6.12. The van der Waals surface area contributed by atoms with Crippen molar-refractivity contribution in [2.24, 2.45) is 0 Å². The van der Waals surface area contributed by atoms with Crippen LogP contribution in [-0.4, -0.2) is 11.1 Å². The molecular formula is C14H20O3. The van der Waals surface area contributed by atoms with Gasteiger partial charge >= 0.3 is 5.97 Å². The minimum absolute atomic E-state index is 0.228. The van der Waals surface area contributed by atoms with E-state index in [0.717, 1.165) is 18.4 Å². The predicted octanol–water partition coefficient (Wildman–Crippen LogP) is 3.61. The molecule has 0 radical (unpaired) electrons. The van der Waals surface area contributed by atoms with Gasteiger partial charge in [-0.3, -0.25) is 4.79 Å². The summed E-state index contributed by atoms with van der Waals surface area (Å²) in [6.07, 6.45) is 2.12. The van der Waals surface area contributed by atoms with Crippen molar-refractivity contribution in [3.63, 3.8) is 0 Å². The van der Waals surface area contributed by atoms with Gasteiger partial charge in [-0.25, -0.2) is 0 Å². The highest BCUT2D eigenvalue weighted by Gasteiger charge is 2.11. The summed E-state index contributed by atoms with van der Waals surface area (Å²) in [7, 11) is 0. The van der Waals surface area contributed by atoms with E-state index in [1.807, 2.05) is 13.8 Å². The van der Waals surface area contributed by atoms with E-state index in [9.17, 15) is 9.90 Å². The van der Waals surface area contributed by atoms with Crippen LogP contribution < -0.4 is 4.74 Å². The first-order valence-corrected chi connectivity index (χ1v) is 6.12. The molecule has 0 saturated carbocycles. The lowest BCUT2D eigenvalue weighted by Gasteiger charge is -2.13. The zero-order valence-corrected chi connectivity index (χ0v) is 10.7. The molecule has 1 aromatic rings. The Hall–Kier alpha value is -1.51. The Labute approximate surface area is 102 Å². The number of aromatic hydroxyl groups is 1. The summed E-state index contributed by atoms with van der Waals surface area (Å²) in [5.74, 6) is 0.791. The summed E-state index contributed by atoms with van der Waals surface area (Å²) < 4.78 is 5.20. The van der Waals surface area contributed by atoms with Crippen molar-refractivity contribution in [3.8, 4) is 11.5 Å². The Balaban J connectivity index is 2.85. The third-order valence-corrected chi connectivity index (χ3v) is 2.83. The van der Waals surface area contributed by atoms with Crippen molar-refractivity contribution in [3.05, 3.63) is 23.8 Å². The molecule has 0 amide bonds. The first kappa shape index (κ1) is 13.6. The molecule has 0 spiro atoms. The number of carbonyl (C=O) groups excluding carboxylic acids is 1. The van der Waals surface area contributed by atoms with E-state index in [1.54, 1.807) is 18.2 Å². The second-order valence-electron chi connectivity index (χ2n) is 4.25. The van der Waals surface area contributed by atoms with E-state index in [-0.39, 0.29) is 17.6 Å². The normalized spacial score (nSPS) is 12.2. The number of phenolic OH excluding ortho intramolecular Hbond substituents is 1. The van der Waals surface area contributed by atoms with Gasteiger partial charge in [-0.15, -0.1) is 0 Å². The van der Waals surface area contributed by atoms with Crippen LogP contribution in [0.4, 0.5) is 0 Å². The Morgan fingerprint density at radius 3 is 2.71 bits per heavy atom. The van der Waals surface area contributed by atoms with Crippen LogP contribution in [0, 0.1) is 0 Å². The van der Waals surface area contributed by atoms with E-state index in [0.29, 0.717) is 12.2 Å². The molecule has 17 heavy (non-hydrogen) atoms. The van der Waals surface area contributed by atoms with Crippen LogP contribution in [0.5, 0.6) is 11.5 Å². The zero-order chi connectivity index (χ0) is 12.8. The molecule has 0 saturated heterocycles. The van der Waals surface area contributed by atoms with Crippen molar-refractivity contribution in [1.82, 2.24) is 0 Å². The summed E-state index contributed by atoms with van der Waals surface area (Å²) in [6.45, 7) is 6.02. The molecule has 3 nitrogen and oxygen atoms in total. The fourth-order valence-electron chi connectivity index (χ4n) is 1.60. The highest BCUT2D eigenvalue weighted by atomic mass is 16.5. The monoisotopic (exact) mass is 236 g/mol. The standard InChI is InChI=1S/C14H20O3/c1-4-6-14(16)17-11-7-8-13(15)12(9-11)10(3)5-2/h7-10,15H,4-6H2,1-3H3. The molecule has 0 aliphatic heterocycles. The van der Waals surface area contributed by atoms with Crippen LogP contribution >= 0.6 is 0 Å². The van der Waals surface area contributed by atoms with Gasteiger partial charge in [0.2, 0.25) is 0 Å². The van der Waals surface area contributed by atoms with Gasteiger partial charge in [-0.1, -0.05) is 20.8 Å². The van der Waals surface area contributed by atoms with E-state index in [2.05, 4.69) is 6.92 Å². The molecule has 1 rings (SSSR count). The molecule has 1 aromatic carbocycles. The maximum atomic E-state index is 11.4. The number of rotatable bonds is 5. The van der Waals surface area contributed by atoms with Gasteiger partial charge in [0.1, 0.15) is 11.5 Å². The molecule has 0 heterocycles. The van der Waals surface area contributed by atoms with E-state index in [1.165, 1.54) is 0 Å². The Bertz CT molecular complexity index is 385. The molecule has 1 atom stereocenters. The van der Waals surface area contributed by atoms with Crippen LogP contribution in [-0.2, 0) is 4.79 Å². The maximum Gasteiger partial charge on any atom is 0.311 e. The third-order valence-electron chi connectivity index (χ3n) is 2.83. The van der Waals surface area contributed by atoms with Gasteiger partial charge in [0, 0.05) is 12.0 Å². The molecule has 1 N–H and O–H groups in total. The minimum atomic E-state index is -0.228. The smallest absolute Gasteiger partial charge is 0.311 e. The SMILES string of the molecule is CCCC(=O)Oc1ccc(O)c(C(C)CC)c1. The molecule has 0 aromatic heterocycles. The highest BCUT2D eigenvalue weighted by Crippen LogP contribution is 2.31. The number of hydrogen-bond donors (Lipinski definition) is 1. The zero-order valence-electron chi connectivity index (χ0n) is 10.7. The van der Waals surface area contributed by atoms with Gasteiger partial charge in [0.05, 0.1) is 0 Å². The molecule has 0 aliphatic rings. The summed E-state index contributed by atoms with van der Waals surface area (Å²) in [5, 5.41) is 9.73. The van der Waals surface area contributed by atoms with Crippen molar-refractivity contribution in [2.75, 3.05) is 0 Å². The number of esters is 1. The van der Waals surface area contributed by atoms with Crippen LogP contribution in [0.25, 0.3) is 0 Å². The van der Waals surface area contributed by atoms with E-state index in [4.69, 9.17) is 4.74 Å². The Morgan fingerprint density at radius 1 is 1.41 bits per heavy atom. The van der Waals surface area contributed by atoms with E-state index < -0.39 is 0 Å². The number of benzene rings is 1. The summed E-state index contributed by atoms with van der Waals surface area (Å²) >= 11 is 0. The number of ether oxygens (including phenoxy) is 1. The van der Waals surface area contributed by atoms with Gasteiger partial charge < -0.3 is 9.84 Å². The largest absolute Gasteiger partial charge is 0.508 e. The van der Waals surface area contributed by atoms with Crippen molar-refractivity contribution in [1.29, 1.82) is 0 Å². The number of hydrogen-bond acceptors (Lipinski definition) is 3. The van der Waals surface area contributed by atoms with Crippen LogP contribution in [0.2, 0.25) is 0 Å². The maximum absolute atomic E-state index is 11.4. The first-order chi connectivity index (χ1) is 8.08. The molecule has 3 heteroatoms. The summed E-state index contributed by atoms with van der Waals surface area (Å²) in [4.78, 5) is 11.4. The quantitative estimate of drug-likeness (QED) is 0.627. The van der Waals surface area contributed by atoms with Gasteiger partial charge in [0.25, 0.3) is 0 Å². The number of carbonyl (C=O) groups is 1. The Morgan fingerprint density at radius 2 is 2.12 bits per heavy atom. The second kappa shape index (κ2) is 6.28. The van der Waals surface area contributed by atoms with E-state index >= 15 is 0 Å². The van der Waals surface area contributed by atoms with Crippen molar-refractivity contribution >= 4 is 5.97 Å². The third kappa shape index (κ3) is 3.77. The molecule has 0 aliphatic carbocycles. The lowest BCUT2D eigenvalue weighted by atomic mass is 9.97. The summed E-state index contributed by atoms with van der Waals surface area (Å²) in [5.41, 5.74) is 0.828. The highest BCUT2D eigenvalue weighted by molar-refractivity contribution is 5.72. The lowest BCUT2D eigenvalue weighted by molar-refractivity contribution is -0.134. The van der Waals surface area contributed by atoms with Crippen LogP contribution in [0.1, 0.15) is 51.5 Å². The molecular weight excluding hydrogens is 216 g/mol. The van der Waals surface area contributed by atoms with Crippen LogP contribution in [0.3, 0.4) is 0 Å². The lowest BCUT2D eigenvalue weighted by Crippen LogP contribution is -2.07.